The van der Waals surface area contributed by atoms with Gasteiger partial charge in [0.05, 0.1) is 4.92 Å². The lowest BCUT2D eigenvalue weighted by atomic mass is 9.94. The Morgan fingerprint density at radius 3 is 2.50 bits per heavy atom. The highest BCUT2D eigenvalue weighted by atomic mass is 16.6. The molecule has 1 aromatic carbocycles. The Balaban J connectivity index is 2.39. The van der Waals surface area contributed by atoms with Gasteiger partial charge in [0.25, 0.3) is 0 Å². The Morgan fingerprint density at radius 1 is 1.32 bits per heavy atom. The molecule has 0 aromatic heterocycles. The molecule has 7 heteroatoms. The van der Waals surface area contributed by atoms with Crippen molar-refractivity contribution in [3.05, 3.63) is 27.8 Å². The SMILES string of the molecule is CC(C)C[C@@H](c1cc(O)c(O)c([N+](=O)[O-])c1)N1CCNCC1. The van der Waals surface area contributed by atoms with Crippen LogP contribution in [0.15, 0.2) is 12.1 Å². The van der Waals surface area contributed by atoms with E-state index in [-0.39, 0.29) is 6.04 Å². The summed E-state index contributed by atoms with van der Waals surface area (Å²) < 4.78 is 0. The van der Waals surface area contributed by atoms with Crippen molar-refractivity contribution in [1.82, 2.24) is 10.2 Å². The van der Waals surface area contributed by atoms with Crippen molar-refractivity contribution in [3.63, 3.8) is 0 Å². The second kappa shape index (κ2) is 6.93. The van der Waals surface area contributed by atoms with E-state index in [1.54, 1.807) is 0 Å². The molecule has 2 rings (SSSR count). The van der Waals surface area contributed by atoms with Gasteiger partial charge in [-0.1, -0.05) is 13.8 Å². The van der Waals surface area contributed by atoms with Gasteiger partial charge in [0, 0.05) is 38.3 Å². The predicted octanol–water partition coefficient (Wildman–Crippen LogP) is 2.00. The van der Waals surface area contributed by atoms with E-state index < -0.39 is 22.1 Å². The van der Waals surface area contributed by atoms with Gasteiger partial charge in [-0.3, -0.25) is 15.0 Å². The molecule has 0 spiro atoms. The molecule has 1 fully saturated rings. The maximum Gasteiger partial charge on any atom is 0.314 e. The number of nitrogens with zero attached hydrogens (tertiary/aromatic N) is 2. The molecule has 1 heterocycles. The van der Waals surface area contributed by atoms with Crippen molar-refractivity contribution in [2.45, 2.75) is 26.3 Å². The summed E-state index contributed by atoms with van der Waals surface area (Å²) >= 11 is 0. The van der Waals surface area contributed by atoms with Gasteiger partial charge in [0.15, 0.2) is 5.75 Å². The molecular formula is C15H23N3O4. The van der Waals surface area contributed by atoms with Gasteiger partial charge in [-0.05, 0) is 24.0 Å². The van der Waals surface area contributed by atoms with E-state index in [9.17, 15) is 20.3 Å². The molecule has 0 amide bonds. The standard InChI is InChI=1S/C15H23N3O4/c1-10(2)7-12(17-5-3-16-4-6-17)11-8-13(18(21)22)15(20)14(19)9-11/h8-10,12,16,19-20H,3-7H2,1-2H3/t12-/m0/s1. The van der Waals surface area contributed by atoms with Crippen molar-refractivity contribution >= 4 is 5.69 Å². The lowest BCUT2D eigenvalue weighted by molar-refractivity contribution is -0.386. The third kappa shape index (κ3) is 3.66. The highest BCUT2D eigenvalue weighted by Crippen LogP contribution is 2.40. The Hall–Kier alpha value is -1.86. The van der Waals surface area contributed by atoms with Crippen LogP contribution in [0.1, 0.15) is 31.9 Å². The molecule has 0 unspecified atom stereocenters. The topological polar surface area (TPSA) is 98.9 Å². The summed E-state index contributed by atoms with van der Waals surface area (Å²) in [5, 5.41) is 33.8. The van der Waals surface area contributed by atoms with Crippen LogP contribution in [-0.2, 0) is 0 Å². The third-order valence-corrected chi connectivity index (χ3v) is 3.96. The Morgan fingerprint density at radius 2 is 1.95 bits per heavy atom. The fraction of sp³-hybridized carbons (Fsp3) is 0.600. The van der Waals surface area contributed by atoms with E-state index in [1.807, 2.05) is 0 Å². The lowest BCUT2D eigenvalue weighted by Crippen LogP contribution is -2.45. The molecule has 1 atom stereocenters. The summed E-state index contributed by atoms with van der Waals surface area (Å²) in [6, 6.07) is 2.81. The van der Waals surface area contributed by atoms with E-state index in [2.05, 4.69) is 24.1 Å². The fourth-order valence-electron chi connectivity index (χ4n) is 2.89. The molecule has 1 saturated heterocycles. The normalized spacial score (nSPS) is 17.6. The molecule has 122 valence electrons. The number of phenols is 2. The van der Waals surface area contributed by atoms with Crippen LogP contribution in [0.5, 0.6) is 11.5 Å². The van der Waals surface area contributed by atoms with Crippen LogP contribution in [0.25, 0.3) is 0 Å². The van der Waals surface area contributed by atoms with E-state index in [0.29, 0.717) is 11.5 Å². The van der Waals surface area contributed by atoms with Gasteiger partial charge in [-0.15, -0.1) is 0 Å². The number of benzene rings is 1. The molecule has 3 N–H and O–H groups in total. The van der Waals surface area contributed by atoms with Crippen LogP contribution in [-0.4, -0.2) is 46.2 Å². The van der Waals surface area contributed by atoms with Gasteiger partial charge in [0.1, 0.15) is 0 Å². The van der Waals surface area contributed by atoms with E-state index in [4.69, 9.17) is 0 Å². The number of piperazine rings is 1. The summed E-state index contributed by atoms with van der Waals surface area (Å²) in [5.41, 5.74) is 0.233. The molecule has 0 saturated carbocycles. The van der Waals surface area contributed by atoms with Gasteiger partial charge in [-0.2, -0.15) is 0 Å². The van der Waals surface area contributed by atoms with Gasteiger partial charge >= 0.3 is 5.69 Å². The van der Waals surface area contributed by atoms with Crippen LogP contribution in [0.4, 0.5) is 5.69 Å². The monoisotopic (exact) mass is 309 g/mol. The molecule has 1 aliphatic rings. The molecule has 22 heavy (non-hydrogen) atoms. The van der Waals surface area contributed by atoms with E-state index >= 15 is 0 Å². The smallest absolute Gasteiger partial charge is 0.314 e. The summed E-state index contributed by atoms with van der Waals surface area (Å²) in [6.07, 6.45) is 0.835. The maximum absolute atomic E-state index is 11.1. The molecule has 0 radical (unpaired) electrons. The highest BCUT2D eigenvalue weighted by molar-refractivity contribution is 5.57. The first-order chi connectivity index (χ1) is 10.4. The van der Waals surface area contributed by atoms with Crippen LogP contribution >= 0.6 is 0 Å². The zero-order valence-corrected chi connectivity index (χ0v) is 13.0. The average molecular weight is 309 g/mol. The van der Waals surface area contributed by atoms with Gasteiger partial charge in [-0.25, -0.2) is 0 Å². The number of nitro groups is 1. The third-order valence-electron chi connectivity index (χ3n) is 3.96. The number of hydrogen-bond donors (Lipinski definition) is 3. The van der Waals surface area contributed by atoms with Crippen LogP contribution in [0, 0.1) is 16.0 Å². The highest BCUT2D eigenvalue weighted by Gasteiger charge is 2.27. The van der Waals surface area contributed by atoms with Crippen molar-refractivity contribution in [1.29, 1.82) is 0 Å². The van der Waals surface area contributed by atoms with Crippen molar-refractivity contribution in [2.24, 2.45) is 5.92 Å². The number of nitro benzene ring substituents is 1. The minimum atomic E-state index is -0.669. The molecule has 7 nitrogen and oxygen atoms in total. The summed E-state index contributed by atoms with van der Waals surface area (Å²) in [4.78, 5) is 12.7. The van der Waals surface area contributed by atoms with Crippen molar-refractivity contribution in [2.75, 3.05) is 26.2 Å². The number of rotatable bonds is 5. The zero-order valence-electron chi connectivity index (χ0n) is 13.0. The molecule has 0 aliphatic carbocycles. The second-order valence-electron chi connectivity index (χ2n) is 6.10. The van der Waals surface area contributed by atoms with Crippen LogP contribution in [0.3, 0.4) is 0 Å². The van der Waals surface area contributed by atoms with Gasteiger partial charge < -0.3 is 15.5 Å². The first-order valence-corrected chi connectivity index (χ1v) is 7.55. The summed E-state index contributed by atoms with van der Waals surface area (Å²) in [5.74, 6) is -0.694. The first-order valence-electron chi connectivity index (χ1n) is 7.55. The fourth-order valence-corrected chi connectivity index (χ4v) is 2.89. The Bertz CT molecular complexity index is 542. The largest absolute Gasteiger partial charge is 0.504 e. The summed E-state index contributed by atoms with van der Waals surface area (Å²) in [7, 11) is 0. The van der Waals surface area contributed by atoms with Crippen LogP contribution < -0.4 is 5.32 Å². The van der Waals surface area contributed by atoms with Crippen LogP contribution in [0.2, 0.25) is 0 Å². The number of nitrogens with one attached hydrogen (secondary N) is 1. The Labute approximate surface area is 129 Å². The minimum Gasteiger partial charge on any atom is -0.504 e. The maximum atomic E-state index is 11.1. The quantitative estimate of drug-likeness (QED) is 0.437. The van der Waals surface area contributed by atoms with Crippen molar-refractivity contribution < 1.29 is 15.1 Å². The number of aromatic hydroxyl groups is 2. The lowest BCUT2D eigenvalue weighted by Gasteiger charge is -2.36. The predicted molar refractivity (Wildman–Crippen MR) is 83.1 cm³/mol. The summed E-state index contributed by atoms with van der Waals surface area (Å²) in [6.45, 7) is 7.66. The zero-order chi connectivity index (χ0) is 16.3. The molecule has 1 aromatic rings. The number of hydrogen-bond acceptors (Lipinski definition) is 6. The minimum absolute atomic E-state index is 0.00713. The van der Waals surface area contributed by atoms with Crippen molar-refractivity contribution in [3.8, 4) is 11.5 Å². The molecule has 0 bridgehead atoms. The molecular weight excluding hydrogens is 286 g/mol. The first kappa shape index (κ1) is 16.5. The van der Waals surface area contributed by atoms with E-state index in [0.717, 1.165) is 32.6 Å². The Kier molecular flexibility index (Phi) is 5.20. The number of phenolic OH excluding ortho intramolecular Hbond substituents is 2. The average Bonchev–Trinajstić information content (AvgIpc) is 2.48. The second-order valence-corrected chi connectivity index (χ2v) is 6.10. The van der Waals surface area contributed by atoms with Gasteiger partial charge in [0.2, 0.25) is 5.75 Å². The van der Waals surface area contributed by atoms with E-state index in [1.165, 1.54) is 12.1 Å². The molecule has 1 aliphatic heterocycles.